The number of rotatable bonds is 5. The van der Waals surface area contributed by atoms with E-state index >= 15 is 0 Å². The van der Waals surface area contributed by atoms with Gasteiger partial charge in [0.05, 0.1) is 39.6 Å². The largest absolute Gasteiger partial charge is 0.497 e. The third kappa shape index (κ3) is 1.95. The molecule has 5 heteroatoms. The van der Waals surface area contributed by atoms with Crippen molar-refractivity contribution >= 4 is 5.78 Å². The smallest absolute Gasteiger partial charge is 0.179 e. The molecular weight excluding hydrogens is 236 g/mol. The number of benzene rings is 1. The van der Waals surface area contributed by atoms with Crippen molar-refractivity contribution in [3.05, 3.63) is 23.8 Å². The van der Waals surface area contributed by atoms with Crippen LogP contribution in [0.5, 0.6) is 11.5 Å². The van der Waals surface area contributed by atoms with Gasteiger partial charge in [-0.1, -0.05) is 0 Å². The summed E-state index contributed by atoms with van der Waals surface area (Å²) in [6.45, 7) is 0.274. The first-order chi connectivity index (χ1) is 8.66. The van der Waals surface area contributed by atoms with Gasteiger partial charge in [0.1, 0.15) is 16.9 Å². The Hall–Kier alpha value is -1.59. The van der Waals surface area contributed by atoms with E-state index < -0.39 is 5.41 Å². The molecule has 1 aliphatic rings. The van der Waals surface area contributed by atoms with Gasteiger partial charge in [-0.2, -0.15) is 0 Å². The van der Waals surface area contributed by atoms with Crippen LogP contribution in [-0.2, 0) is 4.74 Å². The number of hydrogen-bond acceptors (Lipinski definition) is 5. The van der Waals surface area contributed by atoms with Gasteiger partial charge in [0.15, 0.2) is 5.78 Å². The molecule has 0 aliphatic carbocycles. The third-order valence-corrected chi connectivity index (χ3v) is 3.19. The zero-order chi connectivity index (χ0) is 13.2. The van der Waals surface area contributed by atoms with Crippen LogP contribution >= 0.6 is 0 Å². The number of carbonyl (C=O) groups excluding carboxylic acids is 1. The van der Waals surface area contributed by atoms with Crippen molar-refractivity contribution in [1.29, 1.82) is 0 Å². The van der Waals surface area contributed by atoms with Crippen LogP contribution in [0, 0.1) is 5.41 Å². The number of carbonyl (C=O) groups is 1. The molecule has 0 atom stereocenters. The van der Waals surface area contributed by atoms with Gasteiger partial charge in [-0.3, -0.25) is 4.79 Å². The van der Waals surface area contributed by atoms with Crippen LogP contribution in [0.3, 0.4) is 0 Å². The molecule has 5 nitrogen and oxygen atoms in total. The summed E-state index contributed by atoms with van der Waals surface area (Å²) in [5, 5.41) is 9.37. The Kier molecular flexibility index (Phi) is 3.54. The molecule has 98 valence electrons. The Bertz CT molecular complexity index is 445. The van der Waals surface area contributed by atoms with E-state index in [4.69, 9.17) is 14.2 Å². The van der Waals surface area contributed by atoms with Gasteiger partial charge in [0.2, 0.25) is 0 Å². The molecule has 2 rings (SSSR count). The Morgan fingerprint density at radius 1 is 1.39 bits per heavy atom. The van der Waals surface area contributed by atoms with Crippen LogP contribution < -0.4 is 9.47 Å². The van der Waals surface area contributed by atoms with E-state index in [-0.39, 0.29) is 25.6 Å². The molecule has 1 saturated heterocycles. The summed E-state index contributed by atoms with van der Waals surface area (Å²) >= 11 is 0. The van der Waals surface area contributed by atoms with E-state index in [9.17, 15) is 9.90 Å². The first kappa shape index (κ1) is 12.9. The van der Waals surface area contributed by atoms with E-state index in [1.165, 1.54) is 7.11 Å². The number of methoxy groups -OCH3 is 2. The maximum atomic E-state index is 12.4. The summed E-state index contributed by atoms with van der Waals surface area (Å²) in [7, 11) is 3.04. The van der Waals surface area contributed by atoms with E-state index in [0.717, 1.165) is 0 Å². The van der Waals surface area contributed by atoms with Crippen molar-refractivity contribution in [3.63, 3.8) is 0 Å². The third-order valence-electron chi connectivity index (χ3n) is 3.19. The number of Topliss-reactive ketones (excluding diaryl/α,β-unsaturated/α-hetero) is 1. The molecule has 0 unspecified atom stereocenters. The van der Waals surface area contributed by atoms with Gasteiger partial charge in [-0.05, 0) is 12.1 Å². The Labute approximate surface area is 105 Å². The lowest BCUT2D eigenvalue weighted by molar-refractivity contribution is -0.109. The summed E-state index contributed by atoms with van der Waals surface area (Å²) in [6, 6.07) is 4.99. The van der Waals surface area contributed by atoms with E-state index in [0.29, 0.717) is 17.1 Å². The fraction of sp³-hybridized carbons (Fsp3) is 0.462. The zero-order valence-electron chi connectivity index (χ0n) is 10.4. The van der Waals surface area contributed by atoms with Crippen molar-refractivity contribution in [2.45, 2.75) is 0 Å². The second kappa shape index (κ2) is 4.96. The van der Waals surface area contributed by atoms with Crippen LogP contribution in [0.4, 0.5) is 0 Å². The molecule has 0 bridgehead atoms. The first-order valence-electron chi connectivity index (χ1n) is 5.62. The fourth-order valence-corrected chi connectivity index (χ4v) is 1.91. The molecule has 1 heterocycles. The van der Waals surface area contributed by atoms with E-state index in [2.05, 4.69) is 0 Å². The second-order valence-electron chi connectivity index (χ2n) is 4.33. The highest BCUT2D eigenvalue weighted by atomic mass is 16.5. The summed E-state index contributed by atoms with van der Waals surface area (Å²) < 4.78 is 15.3. The Balaban J connectivity index is 2.35. The predicted octanol–water partition coefficient (Wildman–Crippen LogP) is 0.895. The van der Waals surface area contributed by atoms with Gasteiger partial charge in [0, 0.05) is 6.07 Å². The fourth-order valence-electron chi connectivity index (χ4n) is 1.91. The molecule has 1 N–H and O–H groups in total. The molecular formula is C13H16O5. The van der Waals surface area contributed by atoms with Crippen LogP contribution in [0.2, 0.25) is 0 Å². The monoisotopic (exact) mass is 252 g/mol. The SMILES string of the molecule is COc1ccc(C(=O)C2(CO)COC2)c(OC)c1. The molecule has 1 fully saturated rings. The van der Waals surface area contributed by atoms with Crippen molar-refractivity contribution in [2.24, 2.45) is 5.41 Å². The Morgan fingerprint density at radius 3 is 2.56 bits per heavy atom. The minimum atomic E-state index is -0.818. The number of hydrogen-bond donors (Lipinski definition) is 1. The van der Waals surface area contributed by atoms with Crippen molar-refractivity contribution < 1.29 is 24.1 Å². The molecule has 18 heavy (non-hydrogen) atoms. The molecule has 0 amide bonds. The predicted molar refractivity (Wildman–Crippen MR) is 64.2 cm³/mol. The molecule has 1 aliphatic heterocycles. The lowest BCUT2D eigenvalue weighted by Gasteiger charge is -2.38. The lowest BCUT2D eigenvalue weighted by Crippen LogP contribution is -2.51. The van der Waals surface area contributed by atoms with Gasteiger partial charge >= 0.3 is 0 Å². The quantitative estimate of drug-likeness (QED) is 0.789. The highest BCUT2D eigenvalue weighted by Gasteiger charge is 2.46. The second-order valence-corrected chi connectivity index (χ2v) is 4.33. The standard InChI is InChI=1S/C13H16O5/c1-16-9-3-4-10(11(5-9)17-2)12(15)13(6-14)7-18-8-13/h3-5,14H,6-8H2,1-2H3. The normalized spacial score (nSPS) is 16.8. The minimum Gasteiger partial charge on any atom is -0.497 e. The van der Waals surface area contributed by atoms with Crippen LogP contribution in [0.1, 0.15) is 10.4 Å². The molecule has 0 spiro atoms. The summed E-state index contributed by atoms with van der Waals surface area (Å²) in [4.78, 5) is 12.4. The van der Waals surface area contributed by atoms with Gasteiger partial charge in [-0.25, -0.2) is 0 Å². The lowest BCUT2D eigenvalue weighted by atomic mass is 9.79. The number of ether oxygens (including phenoxy) is 3. The number of ketones is 1. The molecule has 0 radical (unpaired) electrons. The maximum absolute atomic E-state index is 12.4. The van der Waals surface area contributed by atoms with E-state index in [1.54, 1.807) is 25.3 Å². The number of aliphatic hydroxyl groups is 1. The van der Waals surface area contributed by atoms with E-state index in [1.807, 2.05) is 0 Å². The van der Waals surface area contributed by atoms with Crippen LogP contribution in [0.15, 0.2) is 18.2 Å². The first-order valence-corrected chi connectivity index (χ1v) is 5.62. The summed E-state index contributed by atoms with van der Waals surface area (Å²) in [5.74, 6) is 0.904. The van der Waals surface area contributed by atoms with Gasteiger partial charge in [0.25, 0.3) is 0 Å². The van der Waals surface area contributed by atoms with Crippen LogP contribution in [-0.4, -0.2) is 44.9 Å². The topological polar surface area (TPSA) is 65.0 Å². The van der Waals surface area contributed by atoms with Crippen molar-refractivity contribution in [2.75, 3.05) is 34.0 Å². The molecule has 1 aromatic carbocycles. The zero-order valence-corrected chi connectivity index (χ0v) is 10.4. The van der Waals surface area contributed by atoms with Gasteiger partial charge < -0.3 is 19.3 Å². The minimum absolute atomic E-state index is 0.157. The molecule has 1 aromatic rings. The average Bonchev–Trinajstić information content (AvgIpc) is 2.37. The van der Waals surface area contributed by atoms with Crippen molar-refractivity contribution in [1.82, 2.24) is 0 Å². The van der Waals surface area contributed by atoms with Crippen LogP contribution in [0.25, 0.3) is 0 Å². The Morgan fingerprint density at radius 2 is 2.11 bits per heavy atom. The highest BCUT2D eigenvalue weighted by molar-refractivity contribution is 6.03. The summed E-state index contributed by atoms with van der Waals surface area (Å²) in [6.07, 6.45) is 0. The average molecular weight is 252 g/mol. The number of aliphatic hydroxyl groups excluding tert-OH is 1. The maximum Gasteiger partial charge on any atom is 0.179 e. The highest BCUT2D eigenvalue weighted by Crippen LogP contribution is 2.35. The summed E-state index contributed by atoms with van der Waals surface area (Å²) in [5.41, 5.74) is -0.377. The van der Waals surface area contributed by atoms with Crippen molar-refractivity contribution in [3.8, 4) is 11.5 Å². The molecule has 0 saturated carbocycles. The van der Waals surface area contributed by atoms with Gasteiger partial charge in [-0.15, -0.1) is 0 Å². The molecule has 0 aromatic heterocycles.